The number of carbonyl (C=O) groups is 1. The molecule has 4 nitrogen and oxygen atoms in total. The summed E-state index contributed by atoms with van der Waals surface area (Å²) in [6.07, 6.45) is -4.46. The quantitative estimate of drug-likeness (QED) is 0.694. The first-order valence-electron chi connectivity index (χ1n) is 5.53. The van der Waals surface area contributed by atoms with Gasteiger partial charge in [0.25, 0.3) is 0 Å². The Bertz CT molecular complexity index is 628. The summed E-state index contributed by atoms with van der Waals surface area (Å²) in [5.41, 5.74) is 0.515. The molecule has 0 saturated heterocycles. The molecule has 1 atom stereocenters. The Morgan fingerprint density at radius 1 is 1.30 bits per heavy atom. The minimum atomic E-state index is -4.62. The van der Waals surface area contributed by atoms with Crippen molar-refractivity contribution >= 4 is 28.6 Å². The van der Waals surface area contributed by atoms with Gasteiger partial charge in [-0.2, -0.15) is 13.2 Å². The molecular weight excluding hydrogens is 293 g/mol. The van der Waals surface area contributed by atoms with Gasteiger partial charge >= 0.3 is 12.1 Å². The summed E-state index contributed by atoms with van der Waals surface area (Å²) in [5.74, 6) is -1.50. The molecule has 0 saturated carbocycles. The number of rotatable bonds is 4. The van der Waals surface area contributed by atoms with Crippen LogP contribution in [0.1, 0.15) is 6.42 Å². The third-order valence-corrected chi connectivity index (χ3v) is 3.75. The van der Waals surface area contributed by atoms with Crippen molar-refractivity contribution in [2.45, 2.75) is 22.9 Å². The van der Waals surface area contributed by atoms with E-state index in [1.165, 1.54) is 6.33 Å². The number of aliphatic carboxylic acids is 1. The number of nitrogens with zero attached hydrogens (tertiary/aromatic N) is 2. The van der Waals surface area contributed by atoms with Crippen LogP contribution in [0.2, 0.25) is 0 Å². The summed E-state index contributed by atoms with van der Waals surface area (Å²) in [6, 6.07) is 6.63. The van der Waals surface area contributed by atoms with Gasteiger partial charge in [-0.3, -0.25) is 4.79 Å². The molecule has 0 aliphatic carbocycles. The lowest BCUT2D eigenvalue weighted by atomic mass is 10.2. The van der Waals surface area contributed by atoms with Crippen molar-refractivity contribution in [3.8, 4) is 0 Å². The Morgan fingerprint density at radius 3 is 2.65 bits per heavy atom. The second-order valence-corrected chi connectivity index (χ2v) is 5.13. The van der Waals surface area contributed by atoms with Crippen molar-refractivity contribution < 1.29 is 23.1 Å². The molecule has 20 heavy (non-hydrogen) atoms. The van der Waals surface area contributed by atoms with Crippen LogP contribution >= 0.6 is 11.8 Å². The van der Waals surface area contributed by atoms with Gasteiger partial charge < -0.3 is 5.11 Å². The first-order chi connectivity index (χ1) is 9.38. The predicted octanol–water partition coefficient (Wildman–Crippen LogP) is 3.13. The number of carboxylic acid groups (broad SMARTS) is 1. The summed E-state index contributed by atoms with van der Waals surface area (Å²) >= 11 is 0.397. The monoisotopic (exact) mass is 302 g/mol. The number of hydrogen-bond acceptors (Lipinski definition) is 4. The van der Waals surface area contributed by atoms with Crippen LogP contribution in [-0.2, 0) is 4.79 Å². The van der Waals surface area contributed by atoms with E-state index in [0.29, 0.717) is 22.7 Å². The molecule has 0 fully saturated rings. The Kier molecular flexibility index (Phi) is 4.12. The Hall–Kier alpha value is -1.83. The molecule has 1 aromatic carbocycles. The number of hydrogen-bond donors (Lipinski definition) is 1. The third-order valence-electron chi connectivity index (χ3n) is 2.49. The molecule has 1 N–H and O–H groups in total. The molecule has 0 bridgehead atoms. The number of aromatic nitrogens is 2. The maximum Gasteiger partial charge on any atom is 0.401 e. The van der Waals surface area contributed by atoms with Crippen LogP contribution in [0.4, 0.5) is 13.2 Å². The topological polar surface area (TPSA) is 63.1 Å². The summed E-state index contributed by atoms with van der Waals surface area (Å²) < 4.78 is 38.5. The molecule has 1 aromatic heterocycles. The van der Waals surface area contributed by atoms with E-state index in [4.69, 9.17) is 5.11 Å². The van der Waals surface area contributed by atoms with Gasteiger partial charge in [-0.15, -0.1) is 0 Å². The van der Waals surface area contributed by atoms with Crippen molar-refractivity contribution in [2.24, 2.45) is 0 Å². The number of benzene rings is 1. The number of carboxylic acids is 1. The normalized spacial score (nSPS) is 13.3. The smallest absolute Gasteiger partial charge is 0.401 e. The molecule has 0 amide bonds. The van der Waals surface area contributed by atoms with Crippen LogP contribution in [0.25, 0.3) is 10.9 Å². The highest BCUT2D eigenvalue weighted by molar-refractivity contribution is 8.00. The Morgan fingerprint density at radius 2 is 2.00 bits per heavy atom. The lowest BCUT2D eigenvalue weighted by Crippen LogP contribution is -2.28. The van der Waals surface area contributed by atoms with Crippen molar-refractivity contribution in [3.05, 3.63) is 30.6 Å². The predicted molar refractivity (Wildman–Crippen MR) is 67.5 cm³/mol. The summed E-state index contributed by atoms with van der Waals surface area (Å²) in [6.45, 7) is 0. The minimum Gasteiger partial charge on any atom is -0.481 e. The Labute approximate surface area is 116 Å². The van der Waals surface area contributed by atoms with Gasteiger partial charge in [0.15, 0.2) is 0 Å². The summed E-state index contributed by atoms with van der Waals surface area (Å²) in [4.78, 5) is 18.3. The van der Waals surface area contributed by atoms with Crippen molar-refractivity contribution in [2.75, 3.05) is 0 Å². The lowest BCUT2D eigenvalue weighted by Gasteiger charge is -2.18. The van der Waals surface area contributed by atoms with E-state index < -0.39 is 23.8 Å². The highest BCUT2D eigenvalue weighted by atomic mass is 32.2. The van der Waals surface area contributed by atoms with Crippen LogP contribution < -0.4 is 0 Å². The fourth-order valence-corrected chi connectivity index (χ4v) is 2.63. The SMILES string of the molecule is O=C(O)CC(Sc1ncnc2ccccc12)C(F)(F)F. The average Bonchev–Trinajstić information content (AvgIpc) is 2.37. The molecular formula is C12H9F3N2O2S. The maximum absolute atomic E-state index is 12.8. The molecule has 0 radical (unpaired) electrons. The fraction of sp³-hybridized carbons (Fsp3) is 0.250. The van der Waals surface area contributed by atoms with Crippen molar-refractivity contribution in [1.82, 2.24) is 9.97 Å². The zero-order valence-electron chi connectivity index (χ0n) is 9.96. The molecule has 0 aliphatic rings. The second kappa shape index (κ2) is 5.66. The van der Waals surface area contributed by atoms with Gasteiger partial charge in [0, 0.05) is 5.39 Å². The Balaban J connectivity index is 2.36. The number of alkyl halides is 3. The van der Waals surface area contributed by atoms with Crippen LogP contribution in [0, 0.1) is 0 Å². The molecule has 2 rings (SSSR count). The van der Waals surface area contributed by atoms with Gasteiger partial charge in [-0.25, -0.2) is 9.97 Å². The number of para-hydroxylation sites is 1. The standard InChI is InChI=1S/C12H9F3N2O2S/c13-12(14,15)9(5-10(18)19)20-11-7-3-1-2-4-8(7)16-6-17-11/h1-4,6,9H,5H2,(H,18,19). The van der Waals surface area contributed by atoms with E-state index in [1.807, 2.05) is 0 Å². The first kappa shape index (κ1) is 14.6. The largest absolute Gasteiger partial charge is 0.481 e. The molecule has 1 heterocycles. The number of fused-ring (bicyclic) bond motifs is 1. The van der Waals surface area contributed by atoms with Gasteiger partial charge in [-0.1, -0.05) is 30.0 Å². The van der Waals surface area contributed by atoms with Gasteiger partial charge in [0.05, 0.1) is 11.9 Å². The molecule has 0 spiro atoms. The molecule has 2 aromatic rings. The zero-order valence-corrected chi connectivity index (χ0v) is 10.8. The highest BCUT2D eigenvalue weighted by Crippen LogP contribution is 2.38. The second-order valence-electron chi connectivity index (χ2n) is 3.94. The van der Waals surface area contributed by atoms with Gasteiger partial charge in [-0.05, 0) is 6.07 Å². The van der Waals surface area contributed by atoms with Crippen LogP contribution in [-0.4, -0.2) is 32.5 Å². The number of halogens is 3. The van der Waals surface area contributed by atoms with Gasteiger partial charge in [0.1, 0.15) is 16.6 Å². The van der Waals surface area contributed by atoms with Crippen LogP contribution in [0.5, 0.6) is 0 Å². The van der Waals surface area contributed by atoms with E-state index in [9.17, 15) is 18.0 Å². The molecule has 0 aliphatic heterocycles. The summed E-state index contributed by atoms with van der Waals surface area (Å²) in [7, 11) is 0. The third kappa shape index (κ3) is 3.38. The van der Waals surface area contributed by atoms with E-state index in [2.05, 4.69) is 9.97 Å². The highest BCUT2D eigenvalue weighted by Gasteiger charge is 2.42. The van der Waals surface area contributed by atoms with E-state index >= 15 is 0 Å². The lowest BCUT2D eigenvalue weighted by molar-refractivity contribution is -0.149. The van der Waals surface area contributed by atoms with E-state index in [0.717, 1.165) is 0 Å². The average molecular weight is 302 g/mol. The first-order valence-corrected chi connectivity index (χ1v) is 6.41. The molecule has 106 valence electrons. The van der Waals surface area contributed by atoms with E-state index in [-0.39, 0.29) is 5.03 Å². The van der Waals surface area contributed by atoms with Crippen LogP contribution in [0.15, 0.2) is 35.6 Å². The zero-order chi connectivity index (χ0) is 14.8. The molecule has 8 heteroatoms. The maximum atomic E-state index is 12.8. The van der Waals surface area contributed by atoms with E-state index in [1.54, 1.807) is 24.3 Å². The van der Waals surface area contributed by atoms with Gasteiger partial charge in [0.2, 0.25) is 0 Å². The van der Waals surface area contributed by atoms with Crippen molar-refractivity contribution in [3.63, 3.8) is 0 Å². The minimum absolute atomic E-state index is 0.124. The number of thioether (sulfide) groups is 1. The fourth-order valence-electron chi connectivity index (χ4n) is 1.59. The van der Waals surface area contributed by atoms with Crippen molar-refractivity contribution in [1.29, 1.82) is 0 Å². The summed E-state index contributed by atoms with van der Waals surface area (Å²) in [5, 5.41) is 7.15. The van der Waals surface area contributed by atoms with Crippen LogP contribution in [0.3, 0.4) is 0 Å². The molecule has 1 unspecified atom stereocenters.